The van der Waals surface area contributed by atoms with Gasteiger partial charge in [-0.1, -0.05) is 0 Å². The number of ketones is 3. The number of H-pyrrole nitrogens is 5. The number of hydrogen-bond acceptors (Lipinski definition) is 35. The summed E-state index contributed by atoms with van der Waals surface area (Å²) in [7, 11) is 0.856. The molecule has 10 rings (SSSR count). The first-order chi connectivity index (χ1) is 67.8. The van der Waals surface area contributed by atoms with Crippen LogP contribution >= 0.6 is 46.6 Å². The van der Waals surface area contributed by atoms with Gasteiger partial charge in [-0.15, -0.1) is 65.9 Å². The predicted octanol–water partition coefficient (Wildman–Crippen LogP) is -1.57. The Kier molecular flexibility index (Phi) is 46.3. The summed E-state index contributed by atoms with van der Waals surface area (Å²) in [6, 6.07) is 0. The number of halogens is 6. The van der Waals surface area contributed by atoms with Crippen LogP contribution in [0.1, 0.15) is 133 Å². The van der Waals surface area contributed by atoms with Crippen molar-refractivity contribution in [3.05, 3.63) is 157 Å². The van der Waals surface area contributed by atoms with E-state index >= 15 is 0 Å². The lowest BCUT2D eigenvalue weighted by Crippen LogP contribution is -2.46. The fraction of sp³-hybridized carbons (Fsp3) is 0.656. The number of carbonyl (C=O) groups excluding carboxylic acids is 6. The molecule has 5 fully saturated rings. The van der Waals surface area contributed by atoms with E-state index < -0.39 is 263 Å². The minimum Gasteiger partial charge on any atom is -0.459 e. The van der Waals surface area contributed by atoms with Gasteiger partial charge in [0.15, 0.2) is 35.9 Å². The maximum atomic E-state index is 13.2. The monoisotopic (exact) mass is 2230 g/mol. The van der Waals surface area contributed by atoms with Gasteiger partial charge in [-0.3, -0.25) is 100 Å². The number of hydrogen-bond donors (Lipinski definition) is 18. The molecule has 0 saturated carbocycles. The van der Waals surface area contributed by atoms with E-state index in [1.165, 1.54) is 64.7 Å². The predicted molar refractivity (Wildman–Crippen MR) is 555 cm³/mol. The second kappa shape index (κ2) is 53.4. The molecule has 0 aromatic carbocycles. The highest BCUT2D eigenvalue weighted by Crippen LogP contribution is 2.45. The fourth-order valence-corrected chi connectivity index (χ4v) is 20.3. The summed E-state index contributed by atoms with van der Waals surface area (Å²) in [5.41, 5.74) is -8.24. The van der Waals surface area contributed by atoms with Crippen molar-refractivity contribution in [2.45, 2.75) is 247 Å². The molecule has 0 aliphatic carbocycles. The third-order valence-electron chi connectivity index (χ3n) is 23.1. The smallest absolute Gasteiger partial charge is 0.459 e. The van der Waals surface area contributed by atoms with Gasteiger partial charge < -0.3 is 105 Å². The van der Waals surface area contributed by atoms with Crippen LogP contribution in [-0.2, 0) is 89.9 Å². The molecule has 5 saturated heterocycles. The Morgan fingerprint density at radius 1 is 0.378 bits per heavy atom. The maximum absolute atomic E-state index is 13.2. The number of nitrogens with zero attached hydrogens (tertiary/aromatic N) is 7. The number of aliphatic hydroxyl groups excluding tert-OH is 10. The third-order valence-corrected chi connectivity index (χ3v) is 30.7. The average Bonchev–Trinajstić information content (AvgIpc) is 1.67. The third kappa shape index (κ3) is 39.0. The highest BCUT2D eigenvalue weighted by atomic mass is 32.1. The number of rotatable bonds is 38. The number of aromatic nitrogens is 10. The van der Waals surface area contributed by atoms with Crippen molar-refractivity contribution in [1.82, 2.24) is 73.5 Å². The molecule has 2 amide bonds. The number of carbonyl (C=O) groups is 6. The summed E-state index contributed by atoms with van der Waals surface area (Å²) in [5, 5.41) is 112. The molecule has 836 valence electrons. The van der Waals surface area contributed by atoms with Crippen LogP contribution in [0.3, 0.4) is 0 Å². The first-order valence-electron chi connectivity index (χ1n) is 46.5. The molecule has 148 heavy (non-hydrogen) atoms. The number of ether oxygens (including phenoxy) is 6. The number of alkyl halides is 6. The summed E-state index contributed by atoms with van der Waals surface area (Å²) in [6.07, 6.45) is -0.457. The molecule has 5 aliphatic heterocycles. The molecular formula is C90H142F6N15O31P5S. The van der Waals surface area contributed by atoms with Crippen LogP contribution in [0.15, 0.2) is 74.1 Å². The normalized spacial score (nSPS) is 24.7. The quantitative estimate of drug-likeness (QED) is 0.00919. The molecule has 5 unspecified atom stereocenters. The SMILES string of the molecule is C=P(C)(C)CC[C@H]1OC(n2cc(CN(C)C(=O)C(F)(F)F)c(=O)[nH]c2=O)[C@H](O)[C@@H]1O.C=P(C)(C)CC[C@H]1OC(n2cc(CN(CC(=O)OC(C)(C)C)C(=O)C(F)(F)F)c(=O)[nH]c2=O)[C@H](O)[C@@H]1O.C=P(C)(C)CC[C@H]1OC(n2cc(CNCC(C)=O)c(=O)[nH]c2=O)[C@H](O)[C@@H]1O.C=P(C)(C)CC[C@H]1OC(n2cc(CNCC(C)=O)c(=O)[nH]c2=O)[C@H](O)[C@@H]1O.C=P(C)(C)CC[C@H]1OC(n2cc(CNCC(C)=O)c(=O)[nH]c2=S)[C@H](O)[C@@H]1O. The summed E-state index contributed by atoms with van der Waals surface area (Å²) in [6.45, 7) is 20.0. The Morgan fingerprint density at radius 2 is 0.601 bits per heavy atom. The number of nitrogens with one attached hydrogen (secondary N) is 8. The summed E-state index contributed by atoms with van der Waals surface area (Å²) < 4.78 is 116. The summed E-state index contributed by atoms with van der Waals surface area (Å²) >= 11 is 5.20. The average molecular weight is 2230 g/mol. The summed E-state index contributed by atoms with van der Waals surface area (Å²) in [5.74, 6) is -5.93. The molecule has 0 radical (unpaired) electrons. The second-order valence-corrected chi connectivity index (χ2v) is 63.4. The molecule has 20 atom stereocenters. The van der Waals surface area contributed by atoms with Gasteiger partial charge in [-0.25, -0.2) is 19.2 Å². The van der Waals surface area contributed by atoms with Crippen molar-refractivity contribution in [2.24, 2.45) is 0 Å². The van der Waals surface area contributed by atoms with Crippen molar-refractivity contribution < 1.29 is 135 Å². The van der Waals surface area contributed by atoms with E-state index in [2.05, 4.69) is 102 Å². The first kappa shape index (κ1) is 128. The molecule has 5 aromatic heterocycles. The Bertz CT molecular complexity index is 6070. The molecule has 0 bridgehead atoms. The Morgan fingerprint density at radius 3 is 0.838 bits per heavy atom. The minimum absolute atomic E-state index is 0.0455. The molecular weight excluding hydrogens is 2090 g/mol. The van der Waals surface area contributed by atoms with Crippen LogP contribution in [0.4, 0.5) is 26.3 Å². The van der Waals surface area contributed by atoms with E-state index in [0.29, 0.717) is 50.0 Å². The Hall–Kier alpha value is -8.40. The number of amides is 2. The second-order valence-electron chi connectivity index (χ2n) is 41.4. The molecule has 46 nitrogen and oxygen atoms in total. The largest absolute Gasteiger partial charge is 0.471 e. The van der Waals surface area contributed by atoms with Gasteiger partial charge in [0.1, 0.15) is 90.5 Å². The lowest BCUT2D eigenvalue weighted by atomic mass is 10.1. The Balaban J connectivity index is 0.000000284. The van der Waals surface area contributed by atoms with E-state index in [1.807, 2.05) is 36.6 Å². The standard InChI is InChI=1S/C22H33F3N3O8P.C17H25F3N3O6P.2C17H28N3O6P.C17H28N3O5PS/c1-21(2,3)36-14(29)11-27(19(33)22(23,24)25)9-12-10-28(20(34)26-17(12)32)18-16(31)15(30)13(35-18)7-8-37(4,5)6;1-22(15(27)17(18,19)20)7-9-8-23(16(28)21-13(9)26)14-12(25)11(24)10(29-14)5-6-30(2,3)4;2*1-10(21)7-18-8-11-9-20(17(25)19-15(11)24)16-14(23)13(22)12(26-16)5-6-27(2,3)4;1-10(21)7-18-8-11-9-20(17(27)19-15(11)24)16-14(23)13(22)12(25-16)5-6-26(2,3)4/h10,13,15-16,18,30-31H,4,7-9,11H2,1-3,5-6H3,(H,26,32,34);8,10-12,14,24-25H,2,5-7H2,1,3-4H3,(H,21,26,28);2*9,12-14,16,18,22-23H,2,5-8H2,1,3-4H3,(H,19,24,25);9,12-14,16,18,22-23H,2,5-8H2,1,3-4H3,(H,19,24,27)/t13-,15-,16-,18?;10-,11-,12-,14?;3*12-,13-,14-,16?/m11111/s1. The van der Waals surface area contributed by atoms with Gasteiger partial charge in [-0.2, -0.15) is 26.3 Å². The van der Waals surface area contributed by atoms with Gasteiger partial charge in [0.25, 0.3) is 27.8 Å². The van der Waals surface area contributed by atoms with Crippen molar-refractivity contribution in [3.63, 3.8) is 0 Å². The van der Waals surface area contributed by atoms with Gasteiger partial charge in [-0.05, 0) is 183 Å². The first-order valence-corrected chi connectivity index (χ1v) is 62.1. The van der Waals surface area contributed by atoms with Crippen molar-refractivity contribution in [1.29, 1.82) is 0 Å². The van der Waals surface area contributed by atoms with Gasteiger partial charge in [0, 0.05) is 74.4 Å². The van der Waals surface area contributed by atoms with Crippen LogP contribution in [0, 0.1) is 4.77 Å². The zero-order valence-corrected chi connectivity index (χ0v) is 90.8. The van der Waals surface area contributed by atoms with Crippen LogP contribution in [0.2, 0.25) is 0 Å². The van der Waals surface area contributed by atoms with E-state index in [0.717, 1.165) is 56.2 Å². The number of esters is 1. The van der Waals surface area contributed by atoms with Crippen LogP contribution in [0.5, 0.6) is 0 Å². The minimum atomic E-state index is -5.37. The van der Waals surface area contributed by atoms with E-state index in [-0.39, 0.29) is 93.4 Å². The molecule has 0 spiro atoms. The molecule has 10 heterocycles. The molecule has 18 N–H and O–H groups in total. The zero-order chi connectivity index (χ0) is 113. The highest BCUT2D eigenvalue weighted by Gasteiger charge is 2.51. The van der Waals surface area contributed by atoms with Crippen molar-refractivity contribution >= 4 is 113 Å². The Labute approximate surface area is 852 Å². The topological polar surface area (TPSA) is 660 Å². The van der Waals surface area contributed by atoms with Crippen LogP contribution in [0.25, 0.3) is 0 Å². The zero-order valence-electron chi connectivity index (χ0n) is 85.5. The van der Waals surface area contributed by atoms with Crippen molar-refractivity contribution in [2.75, 3.05) is 131 Å². The highest BCUT2D eigenvalue weighted by molar-refractivity contribution is 7.73. The van der Waals surface area contributed by atoms with Crippen LogP contribution < -0.4 is 66.5 Å². The number of aliphatic hydroxyl groups is 10. The fourth-order valence-electron chi connectivity index (χ4n) is 15.3. The van der Waals surface area contributed by atoms with Crippen LogP contribution in [-0.4, -0.2) is 415 Å². The number of Topliss-reactive ketones (excluding diaryl/α,β-unsaturated/α-hetero) is 3. The van der Waals surface area contributed by atoms with E-state index in [4.69, 9.17) is 40.6 Å². The summed E-state index contributed by atoms with van der Waals surface area (Å²) in [4.78, 5) is 189. The van der Waals surface area contributed by atoms with Crippen molar-refractivity contribution in [3.8, 4) is 0 Å². The lowest BCUT2D eigenvalue weighted by Gasteiger charge is -2.26. The van der Waals surface area contributed by atoms with Gasteiger partial charge in [0.05, 0.1) is 74.4 Å². The van der Waals surface area contributed by atoms with E-state index in [9.17, 15) is 149 Å². The molecule has 5 aliphatic rings. The molecule has 58 heteroatoms. The maximum Gasteiger partial charge on any atom is 0.471 e. The lowest BCUT2D eigenvalue weighted by molar-refractivity contribution is -0.188. The van der Waals surface area contributed by atoms with Gasteiger partial charge >= 0.3 is 52.9 Å². The number of aromatic amines is 5. The van der Waals surface area contributed by atoms with E-state index in [1.54, 1.807) is 0 Å². The molecule has 5 aromatic rings. The van der Waals surface area contributed by atoms with Gasteiger partial charge in [0.2, 0.25) is 0 Å².